The maximum absolute atomic E-state index is 13.7. The van der Waals surface area contributed by atoms with Crippen LogP contribution in [-0.2, 0) is 19.4 Å². The van der Waals surface area contributed by atoms with Crippen molar-refractivity contribution < 1.29 is 28.9 Å². The summed E-state index contributed by atoms with van der Waals surface area (Å²) in [6.07, 6.45) is -1.50. The van der Waals surface area contributed by atoms with Crippen LogP contribution in [-0.4, -0.2) is 49.8 Å². The third-order valence-corrected chi connectivity index (χ3v) is 6.55. The average Bonchev–Trinajstić information content (AvgIpc) is 2.86. The number of hydrogen-bond donors (Lipinski definition) is 4. The smallest absolute Gasteiger partial charge is 0.276 e. The van der Waals surface area contributed by atoms with Gasteiger partial charge in [-0.1, -0.05) is 52.0 Å². The Labute approximate surface area is 227 Å². The predicted octanol–water partition coefficient (Wildman–Crippen LogP) is 4.28. The summed E-state index contributed by atoms with van der Waals surface area (Å²) in [6.45, 7) is 7.32. The summed E-state index contributed by atoms with van der Waals surface area (Å²) in [5.74, 6) is -2.54. The average molecular weight is 542 g/mol. The second-order valence-electron chi connectivity index (χ2n) is 10.9. The number of benzene rings is 2. The van der Waals surface area contributed by atoms with E-state index in [2.05, 4.69) is 4.98 Å². The summed E-state index contributed by atoms with van der Waals surface area (Å²) in [7, 11) is 0. The zero-order valence-corrected chi connectivity index (χ0v) is 22.7. The van der Waals surface area contributed by atoms with Gasteiger partial charge in [0.05, 0.1) is 11.8 Å². The van der Waals surface area contributed by atoms with Crippen LogP contribution in [0.25, 0.3) is 0 Å². The quantitative estimate of drug-likeness (QED) is 0.304. The molecule has 1 amide bonds. The third kappa shape index (κ3) is 8.05. The fraction of sp³-hybridized carbons (Fsp3) is 0.400. The first-order chi connectivity index (χ1) is 18.3. The Morgan fingerprint density at radius 2 is 1.64 bits per heavy atom. The number of aryl methyl sites for hydroxylation is 1. The number of aliphatic hydroxyl groups is 2. The molecule has 7 nitrogen and oxygen atoms in total. The minimum atomic E-state index is -1.26. The number of aromatic hydroxyl groups is 1. The van der Waals surface area contributed by atoms with Crippen LogP contribution in [0.1, 0.15) is 66.7 Å². The zero-order chi connectivity index (χ0) is 28.9. The molecule has 0 aliphatic carbocycles. The molecule has 3 atom stereocenters. The molecule has 2 aromatic carbocycles. The molecule has 1 aromatic heterocycles. The molecule has 0 saturated carbocycles. The Hall–Kier alpha value is -3.40. The lowest BCUT2D eigenvalue weighted by atomic mass is 9.87. The van der Waals surface area contributed by atoms with Crippen LogP contribution in [0.3, 0.4) is 0 Å². The molecule has 0 spiro atoms. The summed E-state index contributed by atoms with van der Waals surface area (Å²) in [5, 5.41) is 32.2. The molecule has 0 aliphatic rings. The molecule has 0 aliphatic heterocycles. The topological polar surface area (TPSA) is 120 Å². The maximum Gasteiger partial charge on any atom is 0.276 e. The molecular formula is C30H37F2N3O4. The second-order valence-corrected chi connectivity index (χ2v) is 10.9. The van der Waals surface area contributed by atoms with Crippen LogP contribution < -0.4 is 5.73 Å². The first-order valence-electron chi connectivity index (χ1n) is 12.9. The van der Waals surface area contributed by atoms with Crippen molar-refractivity contribution >= 4 is 5.91 Å². The molecule has 0 bridgehead atoms. The van der Waals surface area contributed by atoms with Gasteiger partial charge in [0.25, 0.3) is 5.91 Å². The van der Waals surface area contributed by atoms with Crippen molar-refractivity contribution in [3.8, 4) is 5.75 Å². The van der Waals surface area contributed by atoms with Gasteiger partial charge < -0.3 is 26.0 Å². The maximum atomic E-state index is 13.7. The van der Waals surface area contributed by atoms with Gasteiger partial charge in [0.15, 0.2) is 5.69 Å². The van der Waals surface area contributed by atoms with Crippen LogP contribution in [0.5, 0.6) is 5.75 Å². The first kappa shape index (κ1) is 30.1. The van der Waals surface area contributed by atoms with Gasteiger partial charge in [-0.2, -0.15) is 0 Å². The Balaban J connectivity index is 1.91. The number of nitrogens with zero attached hydrogens (tertiary/aromatic N) is 2. The van der Waals surface area contributed by atoms with E-state index in [1.54, 1.807) is 0 Å². The van der Waals surface area contributed by atoms with Gasteiger partial charge in [0.2, 0.25) is 0 Å². The molecule has 0 radical (unpaired) electrons. The van der Waals surface area contributed by atoms with Gasteiger partial charge >= 0.3 is 0 Å². The van der Waals surface area contributed by atoms with E-state index in [1.807, 2.05) is 52.0 Å². The van der Waals surface area contributed by atoms with Gasteiger partial charge in [-0.05, 0) is 59.2 Å². The van der Waals surface area contributed by atoms with Crippen molar-refractivity contribution in [3.63, 3.8) is 0 Å². The van der Waals surface area contributed by atoms with Gasteiger partial charge in [0, 0.05) is 25.2 Å². The number of amides is 1. The monoisotopic (exact) mass is 541 g/mol. The first-order valence-corrected chi connectivity index (χ1v) is 12.9. The van der Waals surface area contributed by atoms with Crippen molar-refractivity contribution in [2.75, 3.05) is 6.54 Å². The van der Waals surface area contributed by atoms with E-state index in [4.69, 9.17) is 5.73 Å². The van der Waals surface area contributed by atoms with Crippen LogP contribution in [0.4, 0.5) is 8.78 Å². The number of carbonyl (C=O) groups excluding carboxylic acids is 1. The molecule has 0 saturated heterocycles. The molecule has 210 valence electrons. The van der Waals surface area contributed by atoms with Crippen LogP contribution in [0.15, 0.2) is 54.6 Å². The van der Waals surface area contributed by atoms with Crippen LogP contribution >= 0.6 is 0 Å². The predicted molar refractivity (Wildman–Crippen MR) is 145 cm³/mol. The number of halogens is 2. The van der Waals surface area contributed by atoms with E-state index in [0.717, 1.165) is 35.7 Å². The molecule has 1 heterocycles. The minimum Gasteiger partial charge on any atom is -0.505 e. The summed E-state index contributed by atoms with van der Waals surface area (Å²) in [4.78, 5) is 19.3. The molecule has 5 N–H and O–H groups in total. The number of rotatable bonds is 10. The Kier molecular flexibility index (Phi) is 9.77. The second kappa shape index (κ2) is 12.6. The highest BCUT2D eigenvalue weighted by molar-refractivity contribution is 5.95. The Morgan fingerprint density at radius 3 is 2.26 bits per heavy atom. The van der Waals surface area contributed by atoms with Crippen molar-refractivity contribution in [3.05, 3.63) is 94.3 Å². The fourth-order valence-corrected chi connectivity index (χ4v) is 4.26. The van der Waals surface area contributed by atoms with Crippen molar-refractivity contribution in [1.29, 1.82) is 0 Å². The summed E-state index contributed by atoms with van der Waals surface area (Å²) < 4.78 is 27.3. The van der Waals surface area contributed by atoms with Crippen LogP contribution in [0, 0.1) is 17.0 Å². The fourth-order valence-electron chi connectivity index (χ4n) is 4.26. The highest BCUT2D eigenvalue weighted by atomic mass is 19.1. The lowest BCUT2D eigenvalue weighted by Gasteiger charge is -2.29. The van der Waals surface area contributed by atoms with Crippen molar-refractivity contribution in [2.45, 2.75) is 65.3 Å². The van der Waals surface area contributed by atoms with Gasteiger partial charge in [-0.3, -0.25) is 4.79 Å². The molecule has 0 fully saturated rings. The van der Waals surface area contributed by atoms with E-state index in [1.165, 1.54) is 17.0 Å². The Morgan fingerprint density at radius 1 is 1.00 bits per heavy atom. The Bertz CT molecular complexity index is 1280. The van der Waals surface area contributed by atoms with E-state index >= 15 is 0 Å². The molecule has 3 aromatic rings. The van der Waals surface area contributed by atoms with Gasteiger partial charge in [0.1, 0.15) is 23.5 Å². The number of aromatic nitrogens is 1. The number of nitrogens with two attached hydrogens (primary N) is 1. The highest BCUT2D eigenvalue weighted by Gasteiger charge is 2.30. The zero-order valence-electron chi connectivity index (χ0n) is 22.7. The van der Waals surface area contributed by atoms with Crippen molar-refractivity contribution in [2.24, 2.45) is 11.1 Å². The summed E-state index contributed by atoms with van der Waals surface area (Å²) in [5.41, 5.74) is 7.70. The molecule has 39 heavy (non-hydrogen) atoms. The van der Waals surface area contributed by atoms with E-state index in [0.29, 0.717) is 0 Å². The minimum absolute atomic E-state index is 0.0278. The van der Waals surface area contributed by atoms with E-state index in [9.17, 15) is 28.9 Å². The number of aliphatic hydroxyl groups excluding tert-OH is 2. The highest BCUT2D eigenvalue weighted by Crippen LogP contribution is 2.33. The third-order valence-electron chi connectivity index (χ3n) is 6.55. The lowest BCUT2D eigenvalue weighted by Crippen LogP contribution is -2.46. The molecular weight excluding hydrogens is 504 g/mol. The molecule has 9 heteroatoms. The van der Waals surface area contributed by atoms with Gasteiger partial charge in [-0.25, -0.2) is 13.8 Å². The van der Waals surface area contributed by atoms with Crippen molar-refractivity contribution in [1.82, 2.24) is 9.88 Å². The summed E-state index contributed by atoms with van der Waals surface area (Å²) in [6, 6.07) is 12.5. The largest absolute Gasteiger partial charge is 0.505 e. The van der Waals surface area contributed by atoms with Crippen LogP contribution in [0.2, 0.25) is 0 Å². The number of pyridine rings is 1. The van der Waals surface area contributed by atoms with E-state index in [-0.39, 0.29) is 42.2 Å². The standard InChI is InChI=1S/C30H37F2N3O4/c1-5-18-7-6-8-19(11-18)16-35(17-26(37)23(33)14-20-12-21(31)15-22(32)13-20)29(39)27-25(36)10-9-24(34-27)28(38)30(2,3)4/h6-13,15,23,26,28,36-38H,5,14,16-17,33H2,1-4H3. The lowest BCUT2D eigenvalue weighted by molar-refractivity contribution is 0.0526. The van der Waals surface area contributed by atoms with E-state index < -0.39 is 41.2 Å². The number of hydrogen-bond acceptors (Lipinski definition) is 6. The SMILES string of the molecule is CCc1cccc(CN(CC(O)C(N)Cc2cc(F)cc(F)c2)C(=O)c2nc(C(O)C(C)(C)C)ccc2O)c1. The number of carbonyl (C=O) groups is 1. The normalized spacial score (nSPS) is 14.1. The van der Waals surface area contributed by atoms with Gasteiger partial charge in [-0.15, -0.1) is 0 Å². The molecule has 3 rings (SSSR count). The molecule has 3 unspecified atom stereocenters. The summed E-state index contributed by atoms with van der Waals surface area (Å²) >= 11 is 0.